The SMILES string of the molecule is CC(C)(C)[S@@+]([O-])N[C@H](c1ccccc1)c1cnc(N)s1. The Bertz CT molecular complexity index is 551. The van der Waals surface area contributed by atoms with Crippen LogP contribution in [0, 0.1) is 0 Å². The van der Waals surface area contributed by atoms with Crippen molar-refractivity contribution in [3.05, 3.63) is 47.0 Å². The average molecular weight is 309 g/mol. The first-order chi connectivity index (χ1) is 9.38. The van der Waals surface area contributed by atoms with E-state index in [4.69, 9.17) is 5.73 Å². The topological polar surface area (TPSA) is 74.0 Å². The maximum absolute atomic E-state index is 12.4. The first kappa shape index (κ1) is 15.3. The van der Waals surface area contributed by atoms with E-state index in [0.717, 1.165) is 10.4 Å². The van der Waals surface area contributed by atoms with E-state index in [1.807, 2.05) is 51.1 Å². The third-order valence-electron chi connectivity index (χ3n) is 2.74. The van der Waals surface area contributed by atoms with Crippen LogP contribution in [0.3, 0.4) is 0 Å². The number of benzene rings is 1. The molecule has 0 amide bonds. The van der Waals surface area contributed by atoms with E-state index >= 15 is 0 Å². The molecule has 2 aromatic rings. The van der Waals surface area contributed by atoms with Gasteiger partial charge in [0.2, 0.25) is 0 Å². The van der Waals surface area contributed by atoms with Crippen molar-refractivity contribution in [2.75, 3.05) is 5.73 Å². The minimum Gasteiger partial charge on any atom is -0.598 e. The number of nitrogens with zero attached hydrogens (tertiary/aromatic N) is 1. The van der Waals surface area contributed by atoms with E-state index in [9.17, 15) is 4.55 Å². The molecule has 0 bridgehead atoms. The summed E-state index contributed by atoms with van der Waals surface area (Å²) < 4.78 is 15.2. The Morgan fingerprint density at radius 1 is 1.30 bits per heavy atom. The zero-order valence-electron chi connectivity index (χ0n) is 11.8. The molecule has 1 aromatic heterocycles. The van der Waals surface area contributed by atoms with Crippen LogP contribution in [0.5, 0.6) is 0 Å². The number of thiazole rings is 1. The van der Waals surface area contributed by atoms with Crippen molar-refractivity contribution < 1.29 is 4.55 Å². The van der Waals surface area contributed by atoms with Crippen LogP contribution in [0.25, 0.3) is 0 Å². The first-order valence-electron chi connectivity index (χ1n) is 6.32. The van der Waals surface area contributed by atoms with Gasteiger partial charge in [-0.3, -0.25) is 0 Å². The number of anilines is 1. The molecular formula is C14H19N3OS2. The van der Waals surface area contributed by atoms with Crippen molar-refractivity contribution in [3.63, 3.8) is 0 Å². The van der Waals surface area contributed by atoms with Crippen LogP contribution in [0.1, 0.15) is 37.3 Å². The number of nitrogens with two attached hydrogens (primary N) is 1. The van der Waals surface area contributed by atoms with Gasteiger partial charge in [0, 0.05) is 17.6 Å². The summed E-state index contributed by atoms with van der Waals surface area (Å²) in [7, 11) is 0. The van der Waals surface area contributed by atoms with Crippen LogP contribution in [0.15, 0.2) is 36.5 Å². The van der Waals surface area contributed by atoms with Crippen LogP contribution in [-0.2, 0) is 11.4 Å². The fraction of sp³-hybridized carbons (Fsp3) is 0.357. The van der Waals surface area contributed by atoms with E-state index < -0.39 is 11.4 Å². The molecule has 6 heteroatoms. The maximum Gasteiger partial charge on any atom is 0.180 e. The van der Waals surface area contributed by atoms with Gasteiger partial charge in [-0.2, -0.15) is 0 Å². The number of nitrogens with one attached hydrogen (secondary N) is 1. The van der Waals surface area contributed by atoms with Gasteiger partial charge in [-0.1, -0.05) is 30.3 Å². The molecule has 1 aromatic carbocycles. The Morgan fingerprint density at radius 2 is 1.95 bits per heavy atom. The van der Waals surface area contributed by atoms with Gasteiger partial charge in [0.1, 0.15) is 10.8 Å². The molecule has 0 unspecified atom stereocenters. The predicted octanol–water partition coefficient (Wildman–Crippen LogP) is 2.87. The summed E-state index contributed by atoms with van der Waals surface area (Å²) >= 11 is 0.242. The molecule has 108 valence electrons. The van der Waals surface area contributed by atoms with Gasteiger partial charge in [0.15, 0.2) is 5.13 Å². The second-order valence-corrected chi connectivity index (χ2v) is 8.54. The van der Waals surface area contributed by atoms with Crippen LogP contribution in [0.2, 0.25) is 0 Å². The van der Waals surface area contributed by atoms with Gasteiger partial charge >= 0.3 is 0 Å². The van der Waals surface area contributed by atoms with Crippen molar-refractivity contribution in [1.82, 2.24) is 9.71 Å². The van der Waals surface area contributed by atoms with Gasteiger partial charge in [0.25, 0.3) is 0 Å². The van der Waals surface area contributed by atoms with Crippen molar-refractivity contribution in [2.45, 2.75) is 31.6 Å². The molecule has 0 spiro atoms. The summed E-state index contributed by atoms with van der Waals surface area (Å²) in [6.07, 6.45) is 1.74. The largest absolute Gasteiger partial charge is 0.598 e. The molecule has 0 saturated heterocycles. The molecular weight excluding hydrogens is 290 g/mol. The van der Waals surface area contributed by atoms with E-state index in [1.54, 1.807) is 6.20 Å². The molecule has 4 nitrogen and oxygen atoms in total. The third kappa shape index (κ3) is 3.73. The number of aromatic nitrogens is 1. The molecule has 0 saturated carbocycles. The van der Waals surface area contributed by atoms with Gasteiger partial charge in [-0.15, -0.1) is 16.1 Å². The lowest BCUT2D eigenvalue weighted by Gasteiger charge is -2.27. The average Bonchev–Trinajstić information content (AvgIpc) is 2.82. The summed E-state index contributed by atoms with van der Waals surface area (Å²) in [4.78, 5) is 5.05. The van der Waals surface area contributed by atoms with Crippen LogP contribution >= 0.6 is 11.3 Å². The second kappa shape index (κ2) is 6.13. The van der Waals surface area contributed by atoms with Gasteiger partial charge in [0.05, 0.1) is 4.88 Å². The normalized spacial score (nSPS) is 15.0. The quantitative estimate of drug-likeness (QED) is 0.852. The minimum absolute atomic E-state index is 0.161. The Balaban J connectivity index is 2.30. The lowest BCUT2D eigenvalue weighted by atomic mass is 10.1. The second-order valence-electron chi connectivity index (χ2n) is 5.44. The number of rotatable bonds is 4. The standard InChI is InChI=1S/C14H19N3OS2/c1-14(2,3)20(18)17-12(10-7-5-4-6-8-10)11-9-16-13(15)19-11/h4-9,12,17H,1-3H3,(H2,15,16)/t12-,20-/m1/s1. The highest BCUT2D eigenvalue weighted by molar-refractivity contribution is 7.90. The third-order valence-corrected chi connectivity index (χ3v) is 5.19. The van der Waals surface area contributed by atoms with Crippen LogP contribution in [-0.4, -0.2) is 14.3 Å². The molecule has 0 aliphatic rings. The van der Waals surface area contributed by atoms with Gasteiger partial charge in [-0.25, -0.2) is 4.98 Å². The maximum atomic E-state index is 12.4. The molecule has 2 rings (SSSR count). The highest BCUT2D eigenvalue weighted by atomic mass is 32.2. The summed E-state index contributed by atoms with van der Waals surface area (Å²) in [6.45, 7) is 5.83. The predicted molar refractivity (Wildman–Crippen MR) is 85.8 cm³/mol. The van der Waals surface area contributed by atoms with E-state index in [2.05, 4.69) is 9.71 Å². The molecule has 2 atom stereocenters. The van der Waals surface area contributed by atoms with Gasteiger partial charge < -0.3 is 10.3 Å². The minimum atomic E-state index is -1.17. The number of hydrogen-bond donors (Lipinski definition) is 2. The molecule has 3 N–H and O–H groups in total. The molecule has 0 radical (unpaired) electrons. The van der Waals surface area contributed by atoms with Gasteiger partial charge in [-0.05, 0) is 26.3 Å². The van der Waals surface area contributed by atoms with E-state index in [-0.39, 0.29) is 10.8 Å². The fourth-order valence-corrected chi connectivity index (χ4v) is 3.32. The molecule has 0 aliphatic carbocycles. The van der Waals surface area contributed by atoms with Crippen molar-refractivity contribution in [2.24, 2.45) is 0 Å². The van der Waals surface area contributed by atoms with Crippen LogP contribution < -0.4 is 10.5 Å². The molecule has 0 fully saturated rings. The molecule has 1 heterocycles. The van der Waals surface area contributed by atoms with Crippen molar-refractivity contribution in [1.29, 1.82) is 0 Å². The highest BCUT2D eigenvalue weighted by Gasteiger charge is 2.31. The van der Waals surface area contributed by atoms with E-state index in [0.29, 0.717) is 5.13 Å². The molecule has 20 heavy (non-hydrogen) atoms. The van der Waals surface area contributed by atoms with Crippen molar-refractivity contribution >= 4 is 27.8 Å². The Morgan fingerprint density at radius 3 is 2.45 bits per heavy atom. The molecule has 0 aliphatic heterocycles. The zero-order chi connectivity index (χ0) is 14.8. The monoisotopic (exact) mass is 309 g/mol. The van der Waals surface area contributed by atoms with Crippen molar-refractivity contribution in [3.8, 4) is 0 Å². The zero-order valence-corrected chi connectivity index (χ0v) is 13.4. The smallest absolute Gasteiger partial charge is 0.180 e. The summed E-state index contributed by atoms with van der Waals surface area (Å²) in [6, 6.07) is 9.75. The Hall–Kier alpha value is -1.08. The highest BCUT2D eigenvalue weighted by Crippen LogP contribution is 2.30. The summed E-state index contributed by atoms with van der Waals surface area (Å²) in [5, 5.41) is 0.518. The van der Waals surface area contributed by atoms with Crippen LogP contribution in [0.4, 0.5) is 5.13 Å². The van der Waals surface area contributed by atoms with E-state index in [1.165, 1.54) is 11.3 Å². The Kier molecular flexibility index (Phi) is 4.70. The summed E-state index contributed by atoms with van der Waals surface area (Å²) in [5.74, 6) is 0. The first-order valence-corrected chi connectivity index (χ1v) is 8.29. The number of nitrogen functional groups attached to an aromatic ring is 1. The lowest BCUT2D eigenvalue weighted by molar-refractivity contribution is 0.536. The number of hydrogen-bond acceptors (Lipinski definition) is 5. The Labute approximate surface area is 126 Å². The fourth-order valence-electron chi connectivity index (χ4n) is 1.65. The lowest BCUT2D eigenvalue weighted by Crippen LogP contribution is -2.41. The summed E-state index contributed by atoms with van der Waals surface area (Å²) in [5.41, 5.74) is 6.76.